The Morgan fingerprint density at radius 2 is 2.05 bits per heavy atom. The number of benzene rings is 1. The van der Waals surface area contributed by atoms with Gasteiger partial charge in [-0.2, -0.15) is 0 Å². The monoisotopic (exact) mass is 306 g/mol. The van der Waals surface area contributed by atoms with Gasteiger partial charge in [0, 0.05) is 17.7 Å². The number of carboxylic acids is 1. The molecule has 0 unspecified atom stereocenters. The molecule has 0 atom stereocenters. The minimum atomic E-state index is -1.14. The molecule has 0 aliphatic carbocycles. The van der Waals surface area contributed by atoms with Gasteiger partial charge >= 0.3 is 5.97 Å². The van der Waals surface area contributed by atoms with Gasteiger partial charge in [0.2, 0.25) is 0 Å². The fourth-order valence-corrected chi connectivity index (χ4v) is 2.42. The van der Waals surface area contributed by atoms with Crippen LogP contribution in [0.2, 0.25) is 0 Å². The summed E-state index contributed by atoms with van der Waals surface area (Å²) in [5.74, 6) is -1.73. The number of non-ortho nitro benzene ring substituents is 1. The summed E-state index contributed by atoms with van der Waals surface area (Å²) in [4.78, 5) is 33.3. The Morgan fingerprint density at radius 3 is 2.67 bits per heavy atom. The second kappa shape index (κ2) is 5.71. The number of nitrogens with one attached hydrogen (secondary N) is 1. The van der Waals surface area contributed by atoms with Crippen LogP contribution < -0.4 is 5.32 Å². The van der Waals surface area contributed by atoms with Crippen LogP contribution in [0.15, 0.2) is 29.6 Å². The van der Waals surface area contributed by atoms with E-state index in [9.17, 15) is 19.7 Å². The largest absolute Gasteiger partial charge is 0.477 e. The molecule has 0 aliphatic heterocycles. The van der Waals surface area contributed by atoms with E-state index in [2.05, 4.69) is 5.32 Å². The molecule has 0 saturated carbocycles. The summed E-state index contributed by atoms with van der Waals surface area (Å²) < 4.78 is 0. The van der Waals surface area contributed by atoms with Gasteiger partial charge in [-0.25, -0.2) is 4.79 Å². The fraction of sp³-hybridized carbons (Fsp3) is 0.0769. The summed E-state index contributed by atoms with van der Waals surface area (Å²) >= 11 is 0.985. The predicted molar refractivity (Wildman–Crippen MR) is 77.1 cm³/mol. The highest BCUT2D eigenvalue weighted by Crippen LogP contribution is 2.24. The van der Waals surface area contributed by atoms with Crippen LogP contribution in [0.25, 0.3) is 0 Å². The van der Waals surface area contributed by atoms with E-state index >= 15 is 0 Å². The van der Waals surface area contributed by atoms with E-state index < -0.39 is 16.8 Å². The van der Waals surface area contributed by atoms with Crippen molar-refractivity contribution in [3.05, 3.63) is 55.8 Å². The molecule has 21 heavy (non-hydrogen) atoms. The Bertz CT molecular complexity index is 738. The van der Waals surface area contributed by atoms with Gasteiger partial charge in [-0.05, 0) is 23.9 Å². The summed E-state index contributed by atoms with van der Waals surface area (Å²) in [6.07, 6.45) is 0. The van der Waals surface area contributed by atoms with Gasteiger partial charge in [-0.15, -0.1) is 11.3 Å². The van der Waals surface area contributed by atoms with Crippen LogP contribution in [0.5, 0.6) is 0 Å². The van der Waals surface area contributed by atoms with E-state index in [1.165, 1.54) is 18.2 Å². The molecule has 1 aromatic carbocycles. The molecule has 7 nitrogen and oxygen atoms in total. The summed E-state index contributed by atoms with van der Waals surface area (Å²) in [6, 6.07) is 5.41. The first kappa shape index (κ1) is 14.7. The SMILES string of the molecule is Cc1ccc([N+](=O)[O-])cc1C(=O)Nc1ccsc1C(=O)O. The summed E-state index contributed by atoms with van der Waals surface area (Å²) in [6.45, 7) is 1.64. The number of hydrogen-bond donors (Lipinski definition) is 2. The van der Waals surface area contributed by atoms with Gasteiger partial charge in [0.25, 0.3) is 11.6 Å². The maximum absolute atomic E-state index is 12.2. The molecule has 0 radical (unpaired) electrons. The molecule has 0 aliphatic rings. The standard InChI is InChI=1S/C13H10N2O5S/c1-7-2-3-8(15(19)20)6-9(7)12(16)14-10-4-5-21-11(10)13(17)18/h2-6H,1H3,(H,14,16)(H,17,18). The Labute approximate surface area is 123 Å². The zero-order chi connectivity index (χ0) is 15.6. The van der Waals surface area contributed by atoms with Gasteiger partial charge < -0.3 is 10.4 Å². The van der Waals surface area contributed by atoms with Gasteiger partial charge in [-0.1, -0.05) is 6.07 Å². The lowest BCUT2D eigenvalue weighted by Crippen LogP contribution is -2.15. The smallest absolute Gasteiger partial charge is 0.348 e. The molecule has 2 N–H and O–H groups in total. The maximum Gasteiger partial charge on any atom is 0.348 e. The molecule has 0 fully saturated rings. The Morgan fingerprint density at radius 1 is 1.33 bits per heavy atom. The zero-order valence-electron chi connectivity index (χ0n) is 10.8. The number of nitrogens with zero attached hydrogens (tertiary/aromatic N) is 1. The second-order valence-electron chi connectivity index (χ2n) is 4.18. The molecular weight excluding hydrogens is 296 g/mol. The van der Waals surface area contributed by atoms with Crippen LogP contribution in [0.1, 0.15) is 25.6 Å². The molecule has 2 rings (SSSR count). The van der Waals surface area contributed by atoms with Crippen LogP contribution in [0.4, 0.5) is 11.4 Å². The number of nitro benzene ring substituents is 1. The Hall–Kier alpha value is -2.74. The van der Waals surface area contributed by atoms with Crippen molar-refractivity contribution >= 4 is 34.6 Å². The van der Waals surface area contributed by atoms with Gasteiger partial charge in [0.15, 0.2) is 0 Å². The number of hydrogen-bond acceptors (Lipinski definition) is 5. The molecule has 1 heterocycles. The number of aryl methyl sites for hydroxylation is 1. The van der Waals surface area contributed by atoms with Crippen molar-refractivity contribution in [2.24, 2.45) is 0 Å². The number of nitro groups is 1. The lowest BCUT2D eigenvalue weighted by atomic mass is 10.1. The highest BCUT2D eigenvalue weighted by molar-refractivity contribution is 7.12. The number of anilines is 1. The third-order valence-corrected chi connectivity index (χ3v) is 3.69. The maximum atomic E-state index is 12.2. The van der Waals surface area contributed by atoms with Gasteiger partial charge in [-0.3, -0.25) is 14.9 Å². The van der Waals surface area contributed by atoms with E-state index in [-0.39, 0.29) is 21.8 Å². The molecule has 108 valence electrons. The number of rotatable bonds is 4. The predicted octanol–water partition coefficient (Wildman–Crippen LogP) is 2.92. The minimum Gasteiger partial charge on any atom is -0.477 e. The van der Waals surface area contributed by atoms with Gasteiger partial charge in [0.1, 0.15) is 4.88 Å². The molecule has 1 aromatic heterocycles. The Kier molecular flexibility index (Phi) is 3.99. The first-order valence-electron chi connectivity index (χ1n) is 5.77. The highest BCUT2D eigenvalue weighted by Gasteiger charge is 2.18. The quantitative estimate of drug-likeness (QED) is 0.666. The van der Waals surface area contributed by atoms with E-state index in [4.69, 9.17) is 5.11 Å². The van der Waals surface area contributed by atoms with Crippen molar-refractivity contribution in [2.75, 3.05) is 5.32 Å². The average Bonchev–Trinajstić information content (AvgIpc) is 2.87. The van der Waals surface area contributed by atoms with Gasteiger partial charge in [0.05, 0.1) is 10.6 Å². The van der Waals surface area contributed by atoms with Crippen molar-refractivity contribution in [1.82, 2.24) is 0 Å². The number of carbonyl (C=O) groups is 2. The van der Waals surface area contributed by atoms with E-state index in [1.807, 2.05) is 0 Å². The van der Waals surface area contributed by atoms with Crippen molar-refractivity contribution < 1.29 is 19.6 Å². The summed E-state index contributed by atoms with van der Waals surface area (Å²) in [5.41, 5.74) is 0.662. The summed E-state index contributed by atoms with van der Waals surface area (Å²) in [7, 11) is 0. The van der Waals surface area contributed by atoms with Crippen LogP contribution >= 0.6 is 11.3 Å². The van der Waals surface area contributed by atoms with Crippen LogP contribution in [0.3, 0.4) is 0 Å². The van der Waals surface area contributed by atoms with Crippen molar-refractivity contribution in [3.8, 4) is 0 Å². The lowest BCUT2D eigenvalue weighted by molar-refractivity contribution is -0.384. The Balaban J connectivity index is 2.32. The minimum absolute atomic E-state index is 0.00596. The van der Waals surface area contributed by atoms with E-state index in [0.29, 0.717) is 5.56 Å². The second-order valence-corrected chi connectivity index (χ2v) is 5.10. The number of carboxylic acid groups (broad SMARTS) is 1. The third kappa shape index (κ3) is 3.06. The molecule has 1 amide bonds. The molecule has 8 heteroatoms. The van der Waals surface area contributed by atoms with E-state index in [0.717, 1.165) is 17.4 Å². The molecule has 2 aromatic rings. The van der Waals surface area contributed by atoms with Crippen LogP contribution in [0, 0.1) is 17.0 Å². The third-order valence-electron chi connectivity index (χ3n) is 2.78. The molecule has 0 saturated heterocycles. The fourth-order valence-electron chi connectivity index (χ4n) is 1.73. The normalized spacial score (nSPS) is 10.1. The number of thiophene rings is 1. The topological polar surface area (TPSA) is 110 Å². The zero-order valence-corrected chi connectivity index (χ0v) is 11.6. The number of aromatic carboxylic acids is 1. The number of carbonyl (C=O) groups excluding carboxylic acids is 1. The summed E-state index contributed by atoms with van der Waals surface area (Å²) in [5, 5.41) is 23.7. The first-order valence-corrected chi connectivity index (χ1v) is 6.65. The molecule has 0 bridgehead atoms. The average molecular weight is 306 g/mol. The van der Waals surface area contributed by atoms with Crippen LogP contribution in [-0.4, -0.2) is 21.9 Å². The van der Waals surface area contributed by atoms with Crippen molar-refractivity contribution in [1.29, 1.82) is 0 Å². The lowest BCUT2D eigenvalue weighted by Gasteiger charge is -2.07. The van der Waals surface area contributed by atoms with Crippen molar-refractivity contribution in [3.63, 3.8) is 0 Å². The van der Waals surface area contributed by atoms with Crippen molar-refractivity contribution in [2.45, 2.75) is 6.92 Å². The first-order chi connectivity index (χ1) is 9.90. The number of amides is 1. The molecule has 0 spiro atoms. The van der Waals surface area contributed by atoms with Crippen LogP contribution in [-0.2, 0) is 0 Å². The van der Waals surface area contributed by atoms with E-state index in [1.54, 1.807) is 12.3 Å². The molecular formula is C13H10N2O5S. The highest BCUT2D eigenvalue weighted by atomic mass is 32.1.